The molecule has 0 saturated heterocycles. The molecule has 0 heterocycles. The third kappa shape index (κ3) is 3.60. The van der Waals surface area contributed by atoms with E-state index < -0.39 is 0 Å². The molecule has 0 atom stereocenters. The highest BCUT2D eigenvalue weighted by atomic mass is 79.9. The number of hydrogen-bond acceptors (Lipinski definition) is 1. The van der Waals surface area contributed by atoms with Crippen molar-refractivity contribution in [1.29, 1.82) is 0 Å². The number of ether oxygens (including phenoxy) is 1. The molecule has 0 radical (unpaired) electrons. The van der Waals surface area contributed by atoms with Gasteiger partial charge in [-0.1, -0.05) is 15.9 Å². The van der Waals surface area contributed by atoms with Crippen molar-refractivity contribution >= 4 is 79.6 Å². The Morgan fingerprint density at radius 3 is 1.94 bits per heavy atom. The van der Waals surface area contributed by atoms with Crippen molar-refractivity contribution in [2.45, 2.75) is 0 Å². The Morgan fingerprint density at radius 1 is 0.722 bits per heavy atom. The van der Waals surface area contributed by atoms with E-state index in [1.165, 1.54) is 0 Å². The number of hydrogen-bond donors (Lipinski definition) is 0. The van der Waals surface area contributed by atoms with Gasteiger partial charge in [-0.3, -0.25) is 0 Å². The molecule has 0 bridgehead atoms. The lowest BCUT2D eigenvalue weighted by Gasteiger charge is -2.10. The van der Waals surface area contributed by atoms with Gasteiger partial charge in [0, 0.05) is 17.9 Å². The van der Waals surface area contributed by atoms with E-state index in [1.807, 2.05) is 30.3 Å². The molecule has 0 aliphatic heterocycles. The molecule has 0 aliphatic rings. The van der Waals surface area contributed by atoms with E-state index in [1.54, 1.807) is 0 Å². The summed E-state index contributed by atoms with van der Waals surface area (Å²) in [5, 5.41) is 0. The predicted octanol–water partition coefficient (Wildman–Crippen LogP) is 7.29. The van der Waals surface area contributed by atoms with Crippen LogP contribution in [0.5, 0.6) is 11.5 Å². The summed E-state index contributed by atoms with van der Waals surface area (Å²) < 4.78 is 10.5. The maximum absolute atomic E-state index is 5.85. The molecular weight excluding hydrogens is 560 g/mol. The molecular formula is C12H5Br5O. The van der Waals surface area contributed by atoms with Crippen molar-refractivity contribution in [1.82, 2.24) is 0 Å². The molecule has 0 aliphatic carbocycles. The second-order valence-corrected chi connectivity index (χ2v) is 7.65. The van der Waals surface area contributed by atoms with E-state index >= 15 is 0 Å². The van der Waals surface area contributed by atoms with Crippen LogP contribution in [-0.4, -0.2) is 0 Å². The summed E-state index contributed by atoms with van der Waals surface area (Å²) in [6.45, 7) is 0. The molecule has 0 fully saturated rings. The van der Waals surface area contributed by atoms with Crippen molar-refractivity contribution < 1.29 is 4.74 Å². The molecule has 2 rings (SSSR count). The van der Waals surface area contributed by atoms with Crippen LogP contribution in [0.25, 0.3) is 0 Å². The van der Waals surface area contributed by atoms with Crippen LogP contribution in [0.15, 0.2) is 52.7 Å². The SMILES string of the molecule is Brc1ccc(Br)c(Oc2cc(Br)c(Br)c(Br)c2)c1. The lowest BCUT2D eigenvalue weighted by molar-refractivity contribution is 0.478. The van der Waals surface area contributed by atoms with Crippen LogP contribution >= 0.6 is 79.6 Å². The molecule has 6 heteroatoms. The van der Waals surface area contributed by atoms with Crippen LogP contribution in [0, 0.1) is 0 Å². The zero-order valence-corrected chi connectivity index (χ0v) is 16.6. The van der Waals surface area contributed by atoms with Gasteiger partial charge in [0.25, 0.3) is 0 Å². The number of benzene rings is 2. The first-order valence-corrected chi connectivity index (χ1v) is 8.71. The predicted molar refractivity (Wildman–Crippen MR) is 91.5 cm³/mol. The number of halogens is 5. The molecule has 0 saturated carbocycles. The molecule has 1 nitrogen and oxygen atoms in total. The Morgan fingerprint density at radius 2 is 1.33 bits per heavy atom. The molecule has 0 spiro atoms. The Bertz CT molecular complexity index is 574. The van der Waals surface area contributed by atoms with Gasteiger partial charge in [0.15, 0.2) is 0 Å². The molecule has 0 amide bonds. The van der Waals surface area contributed by atoms with Crippen molar-refractivity contribution in [3.63, 3.8) is 0 Å². The van der Waals surface area contributed by atoms with Crippen LogP contribution in [0.2, 0.25) is 0 Å². The van der Waals surface area contributed by atoms with Gasteiger partial charge in [0.05, 0.1) is 4.47 Å². The van der Waals surface area contributed by atoms with E-state index in [0.29, 0.717) is 0 Å². The Balaban J connectivity index is 2.37. The van der Waals surface area contributed by atoms with Crippen molar-refractivity contribution in [2.75, 3.05) is 0 Å². The van der Waals surface area contributed by atoms with Crippen LogP contribution in [0.4, 0.5) is 0 Å². The van der Waals surface area contributed by atoms with E-state index in [2.05, 4.69) is 79.6 Å². The van der Waals surface area contributed by atoms with Crippen LogP contribution < -0.4 is 4.74 Å². The molecule has 0 unspecified atom stereocenters. The standard InChI is InChI=1S/C12H5Br5O/c13-6-1-2-8(14)11(3-6)18-7-4-9(15)12(17)10(16)5-7/h1-5H. The Labute approximate surface area is 147 Å². The maximum Gasteiger partial charge on any atom is 0.142 e. The molecule has 0 N–H and O–H groups in total. The number of rotatable bonds is 2. The molecule has 2 aromatic carbocycles. The highest BCUT2D eigenvalue weighted by Crippen LogP contribution is 2.38. The van der Waals surface area contributed by atoms with Gasteiger partial charge in [0.2, 0.25) is 0 Å². The van der Waals surface area contributed by atoms with E-state index in [0.717, 1.165) is 33.9 Å². The van der Waals surface area contributed by atoms with Gasteiger partial charge >= 0.3 is 0 Å². The zero-order chi connectivity index (χ0) is 13.3. The minimum Gasteiger partial charge on any atom is -0.456 e. The minimum absolute atomic E-state index is 0.746. The summed E-state index contributed by atoms with van der Waals surface area (Å²) in [7, 11) is 0. The van der Waals surface area contributed by atoms with Gasteiger partial charge in [-0.05, 0) is 94.1 Å². The second-order valence-electron chi connectivity index (χ2n) is 3.38. The average Bonchev–Trinajstić information content (AvgIpc) is 2.31. The fourth-order valence-corrected chi connectivity index (χ4v) is 3.31. The first-order valence-electron chi connectivity index (χ1n) is 4.75. The third-order valence-electron chi connectivity index (χ3n) is 2.08. The highest BCUT2D eigenvalue weighted by Gasteiger charge is 2.08. The van der Waals surface area contributed by atoms with Gasteiger partial charge in [-0.25, -0.2) is 0 Å². The second kappa shape index (κ2) is 6.39. The van der Waals surface area contributed by atoms with Gasteiger partial charge in [-0.2, -0.15) is 0 Å². The topological polar surface area (TPSA) is 9.23 Å². The van der Waals surface area contributed by atoms with E-state index in [-0.39, 0.29) is 0 Å². The summed E-state index contributed by atoms with van der Waals surface area (Å²) in [5.41, 5.74) is 0. The van der Waals surface area contributed by atoms with Crippen LogP contribution in [-0.2, 0) is 0 Å². The summed E-state index contributed by atoms with van der Waals surface area (Å²) in [4.78, 5) is 0. The zero-order valence-electron chi connectivity index (χ0n) is 8.68. The molecule has 18 heavy (non-hydrogen) atoms. The Hall–Kier alpha value is 0.640. The van der Waals surface area contributed by atoms with Crippen molar-refractivity contribution in [2.24, 2.45) is 0 Å². The van der Waals surface area contributed by atoms with Crippen LogP contribution in [0.1, 0.15) is 0 Å². The molecule has 0 aromatic heterocycles. The average molecular weight is 565 g/mol. The summed E-state index contributed by atoms with van der Waals surface area (Å²) >= 11 is 17.3. The first-order chi connectivity index (χ1) is 8.47. The van der Waals surface area contributed by atoms with Gasteiger partial charge in [-0.15, -0.1) is 0 Å². The van der Waals surface area contributed by atoms with Crippen molar-refractivity contribution in [3.8, 4) is 11.5 Å². The largest absolute Gasteiger partial charge is 0.456 e. The van der Waals surface area contributed by atoms with E-state index in [4.69, 9.17) is 4.74 Å². The maximum atomic E-state index is 5.85. The lowest BCUT2D eigenvalue weighted by atomic mass is 10.3. The Kier molecular flexibility index (Phi) is 5.34. The smallest absolute Gasteiger partial charge is 0.142 e. The van der Waals surface area contributed by atoms with E-state index in [9.17, 15) is 0 Å². The third-order valence-corrected chi connectivity index (χ3v) is 6.40. The van der Waals surface area contributed by atoms with Crippen molar-refractivity contribution in [3.05, 3.63) is 52.7 Å². The summed E-state index contributed by atoms with van der Waals surface area (Å²) in [5.74, 6) is 1.50. The minimum atomic E-state index is 0.746. The normalized spacial score (nSPS) is 10.5. The van der Waals surface area contributed by atoms with Gasteiger partial charge < -0.3 is 4.74 Å². The van der Waals surface area contributed by atoms with Crippen LogP contribution in [0.3, 0.4) is 0 Å². The fraction of sp³-hybridized carbons (Fsp3) is 0. The summed E-state index contributed by atoms with van der Waals surface area (Å²) in [6.07, 6.45) is 0. The monoisotopic (exact) mass is 560 g/mol. The molecule has 2 aromatic rings. The highest BCUT2D eigenvalue weighted by molar-refractivity contribution is 9.14. The summed E-state index contributed by atoms with van der Waals surface area (Å²) in [6, 6.07) is 9.60. The molecule has 94 valence electrons. The van der Waals surface area contributed by atoms with Gasteiger partial charge in [0.1, 0.15) is 11.5 Å². The quantitative estimate of drug-likeness (QED) is 0.348. The first kappa shape index (κ1) is 15.0. The fourth-order valence-electron chi connectivity index (χ4n) is 1.27. The lowest BCUT2D eigenvalue weighted by Crippen LogP contribution is -1.87.